The van der Waals surface area contributed by atoms with Gasteiger partial charge in [-0.05, 0) is 37.6 Å². The lowest BCUT2D eigenvalue weighted by Crippen LogP contribution is -2.46. The number of piperazine rings is 1. The van der Waals surface area contributed by atoms with Gasteiger partial charge < -0.3 is 15.1 Å². The molecule has 1 saturated heterocycles. The van der Waals surface area contributed by atoms with Crippen LogP contribution in [-0.2, 0) is 11.2 Å². The predicted octanol–water partition coefficient (Wildman–Crippen LogP) is 3.07. The van der Waals surface area contributed by atoms with E-state index in [-0.39, 0.29) is 5.91 Å². The lowest BCUT2D eigenvalue weighted by atomic mass is 10.1. The van der Waals surface area contributed by atoms with E-state index in [0.29, 0.717) is 22.9 Å². The number of carbonyl (C=O) groups excluding carboxylic acids is 1. The Bertz CT molecular complexity index is 531. The molecule has 1 aliphatic heterocycles. The number of halogens is 2. The molecule has 2 rings (SSSR count). The minimum Gasteiger partial charge on any atom is -0.356 e. The molecule has 0 aromatic heterocycles. The lowest BCUT2D eigenvalue weighted by Gasteiger charge is -2.33. The highest BCUT2D eigenvalue weighted by molar-refractivity contribution is 6.42. The van der Waals surface area contributed by atoms with E-state index in [1.54, 1.807) is 6.07 Å². The summed E-state index contributed by atoms with van der Waals surface area (Å²) in [5, 5.41) is 4.09. The van der Waals surface area contributed by atoms with Gasteiger partial charge >= 0.3 is 0 Å². The summed E-state index contributed by atoms with van der Waals surface area (Å²) in [7, 11) is 0. The highest BCUT2D eigenvalue weighted by Gasteiger charge is 2.14. The second-order valence-corrected chi connectivity index (χ2v) is 6.98. The first-order valence-electron chi connectivity index (χ1n) is 8.74. The molecule has 0 aliphatic carbocycles. The van der Waals surface area contributed by atoms with Crippen LogP contribution < -0.4 is 5.32 Å². The number of aryl methyl sites for hydroxylation is 1. The number of nitrogens with one attached hydrogen (secondary N) is 1. The third-order valence-electron chi connectivity index (χ3n) is 4.54. The van der Waals surface area contributed by atoms with Crippen LogP contribution in [0.2, 0.25) is 10.0 Å². The Morgan fingerprint density at radius 3 is 2.58 bits per heavy atom. The van der Waals surface area contributed by atoms with Gasteiger partial charge in [-0.2, -0.15) is 0 Å². The third kappa shape index (κ3) is 6.25. The maximum absolute atomic E-state index is 11.9. The number of nitrogens with zero attached hydrogens (tertiary/aromatic N) is 2. The van der Waals surface area contributed by atoms with Gasteiger partial charge in [0.25, 0.3) is 0 Å². The molecule has 0 atom stereocenters. The van der Waals surface area contributed by atoms with Crippen molar-refractivity contribution in [3.05, 3.63) is 33.8 Å². The molecule has 0 unspecified atom stereocenters. The smallest absolute Gasteiger partial charge is 0.220 e. The molecule has 1 amide bonds. The fourth-order valence-corrected chi connectivity index (χ4v) is 3.35. The molecule has 0 radical (unpaired) electrons. The highest BCUT2D eigenvalue weighted by Crippen LogP contribution is 2.26. The van der Waals surface area contributed by atoms with Gasteiger partial charge in [-0.3, -0.25) is 4.79 Å². The number of hydrogen-bond donors (Lipinski definition) is 1. The van der Waals surface area contributed by atoms with Crippen molar-refractivity contribution in [2.24, 2.45) is 0 Å². The molecule has 134 valence electrons. The number of rotatable bonds is 8. The van der Waals surface area contributed by atoms with E-state index >= 15 is 0 Å². The molecule has 1 aromatic rings. The Hall–Kier alpha value is -0.810. The van der Waals surface area contributed by atoms with Crippen LogP contribution in [0.3, 0.4) is 0 Å². The molecule has 4 nitrogen and oxygen atoms in total. The summed E-state index contributed by atoms with van der Waals surface area (Å²) in [4.78, 5) is 16.9. The first kappa shape index (κ1) is 19.5. The summed E-state index contributed by atoms with van der Waals surface area (Å²) >= 11 is 12.1. The largest absolute Gasteiger partial charge is 0.356 e. The molecule has 6 heteroatoms. The number of hydrogen-bond acceptors (Lipinski definition) is 3. The molecule has 1 aliphatic rings. The summed E-state index contributed by atoms with van der Waals surface area (Å²) in [5.41, 5.74) is 0.924. The van der Waals surface area contributed by atoms with Crippen molar-refractivity contribution in [1.82, 2.24) is 15.1 Å². The van der Waals surface area contributed by atoms with Gasteiger partial charge in [-0.1, -0.05) is 42.3 Å². The van der Waals surface area contributed by atoms with Gasteiger partial charge in [0.2, 0.25) is 5.91 Å². The highest BCUT2D eigenvalue weighted by atomic mass is 35.5. The van der Waals surface area contributed by atoms with Crippen LogP contribution in [0.1, 0.15) is 25.3 Å². The van der Waals surface area contributed by atoms with Gasteiger partial charge in [0.05, 0.1) is 10.0 Å². The quantitative estimate of drug-likeness (QED) is 0.713. The van der Waals surface area contributed by atoms with Crippen LogP contribution in [0, 0.1) is 0 Å². The van der Waals surface area contributed by atoms with Crippen molar-refractivity contribution in [3.8, 4) is 0 Å². The van der Waals surface area contributed by atoms with Crippen LogP contribution in [0.5, 0.6) is 0 Å². The number of likely N-dealkylation sites (N-methyl/N-ethyl adjacent to an activating group) is 1. The standard InChI is InChI=1S/C18H27Cl2N3O/c1-2-22-11-13-23(14-12-22)10-4-9-21-17(24)8-7-15-5-3-6-16(19)18(15)20/h3,5-6H,2,4,7-14H2,1H3,(H,21,24). The van der Waals surface area contributed by atoms with Crippen molar-refractivity contribution < 1.29 is 4.79 Å². The SMILES string of the molecule is CCN1CCN(CCCNC(=O)CCc2cccc(Cl)c2Cl)CC1. The second kappa shape index (κ2) is 10.2. The molecule has 1 heterocycles. The maximum atomic E-state index is 11.9. The monoisotopic (exact) mass is 371 g/mol. The van der Waals surface area contributed by atoms with Crippen LogP contribution in [0.15, 0.2) is 18.2 Å². The van der Waals surface area contributed by atoms with Crippen molar-refractivity contribution in [1.29, 1.82) is 0 Å². The van der Waals surface area contributed by atoms with Crippen LogP contribution in [0.4, 0.5) is 0 Å². The van der Waals surface area contributed by atoms with E-state index in [9.17, 15) is 4.79 Å². The fourth-order valence-electron chi connectivity index (χ4n) is 2.94. The van der Waals surface area contributed by atoms with E-state index in [0.717, 1.165) is 57.8 Å². The lowest BCUT2D eigenvalue weighted by molar-refractivity contribution is -0.121. The Morgan fingerprint density at radius 2 is 1.88 bits per heavy atom. The molecule has 0 bridgehead atoms. The Balaban J connectivity index is 1.58. The zero-order valence-corrected chi connectivity index (χ0v) is 15.9. The first-order valence-corrected chi connectivity index (χ1v) is 9.50. The Kier molecular flexibility index (Phi) is 8.33. The van der Waals surface area contributed by atoms with Crippen molar-refractivity contribution >= 4 is 29.1 Å². The molecular weight excluding hydrogens is 345 g/mol. The van der Waals surface area contributed by atoms with Gasteiger partial charge in [-0.25, -0.2) is 0 Å². The van der Waals surface area contributed by atoms with E-state index in [1.165, 1.54) is 0 Å². The number of amides is 1. The average Bonchev–Trinajstić information content (AvgIpc) is 2.60. The number of benzene rings is 1. The second-order valence-electron chi connectivity index (χ2n) is 6.19. The minimum absolute atomic E-state index is 0.0712. The third-order valence-corrected chi connectivity index (χ3v) is 5.40. The van der Waals surface area contributed by atoms with E-state index in [1.807, 2.05) is 12.1 Å². The topological polar surface area (TPSA) is 35.6 Å². The molecule has 1 aromatic carbocycles. The zero-order valence-electron chi connectivity index (χ0n) is 14.4. The van der Waals surface area contributed by atoms with Gasteiger partial charge in [0.15, 0.2) is 0 Å². The van der Waals surface area contributed by atoms with E-state index in [2.05, 4.69) is 22.0 Å². The van der Waals surface area contributed by atoms with Gasteiger partial charge in [0, 0.05) is 39.1 Å². The fraction of sp³-hybridized carbons (Fsp3) is 0.611. The van der Waals surface area contributed by atoms with Gasteiger partial charge in [-0.15, -0.1) is 0 Å². The average molecular weight is 372 g/mol. The van der Waals surface area contributed by atoms with Crippen LogP contribution in [-0.4, -0.2) is 61.5 Å². The van der Waals surface area contributed by atoms with Crippen LogP contribution >= 0.6 is 23.2 Å². The zero-order chi connectivity index (χ0) is 17.4. The summed E-state index contributed by atoms with van der Waals surface area (Å²) < 4.78 is 0. The predicted molar refractivity (Wildman–Crippen MR) is 101 cm³/mol. The van der Waals surface area contributed by atoms with E-state index < -0.39 is 0 Å². The molecule has 0 saturated carbocycles. The molecular formula is C18H27Cl2N3O. The Labute approximate surface area is 155 Å². The van der Waals surface area contributed by atoms with Gasteiger partial charge in [0.1, 0.15) is 0 Å². The van der Waals surface area contributed by atoms with Crippen LogP contribution in [0.25, 0.3) is 0 Å². The Morgan fingerprint density at radius 1 is 1.17 bits per heavy atom. The van der Waals surface area contributed by atoms with Crippen molar-refractivity contribution in [2.75, 3.05) is 45.8 Å². The molecule has 24 heavy (non-hydrogen) atoms. The molecule has 0 spiro atoms. The number of carbonyl (C=O) groups is 1. The summed E-state index contributed by atoms with van der Waals surface area (Å²) in [6.45, 7) is 9.72. The maximum Gasteiger partial charge on any atom is 0.220 e. The summed E-state index contributed by atoms with van der Waals surface area (Å²) in [6, 6.07) is 5.53. The van der Waals surface area contributed by atoms with E-state index in [4.69, 9.17) is 23.2 Å². The summed E-state index contributed by atoms with van der Waals surface area (Å²) in [6.07, 6.45) is 2.05. The molecule has 1 fully saturated rings. The van der Waals surface area contributed by atoms with Crippen molar-refractivity contribution in [2.45, 2.75) is 26.2 Å². The first-order chi connectivity index (χ1) is 11.6. The minimum atomic E-state index is 0.0712. The normalized spacial score (nSPS) is 16.3. The summed E-state index contributed by atoms with van der Waals surface area (Å²) in [5.74, 6) is 0.0712. The van der Waals surface area contributed by atoms with Crippen molar-refractivity contribution in [3.63, 3.8) is 0 Å². The molecule has 1 N–H and O–H groups in total.